The van der Waals surface area contributed by atoms with Gasteiger partial charge < -0.3 is 10.0 Å². The molecular formula is C21H22N2O3. The highest BCUT2D eigenvalue weighted by atomic mass is 16.4. The first-order chi connectivity index (χ1) is 12.6. The summed E-state index contributed by atoms with van der Waals surface area (Å²) in [4.78, 5) is 28.0. The third-order valence-electron chi connectivity index (χ3n) is 4.52. The Morgan fingerprint density at radius 3 is 2.15 bits per heavy atom. The molecule has 1 aliphatic rings. The van der Waals surface area contributed by atoms with Crippen molar-refractivity contribution in [1.29, 1.82) is 0 Å². The Labute approximate surface area is 153 Å². The lowest BCUT2D eigenvalue weighted by atomic mass is 10.1. The molecule has 0 saturated carbocycles. The van der Waals surface area contributed by atoms with Gasteiger partial charge >= 0.3 is 5.97 Å². The van der Waals surface area contributed by atoms with E-state index < -0.39 is 5.97 Å². The molecule has 1 aliphatic heterocycles. The lowest BCUT2D eigenvalue weighted by Crippen LogP contribution is -2.48. The van der Waals surface area contributed by atoms with E-state index in [1.807, 2.05) is 18.2 Å². The molecule has 0 unspecified atom stereocenters. The average molecular weight is 350 g/mol. The molecule has 0 bridgehead atoms. The minimum absolute atomic E-state index is 0.0609. The topological polar surface area (TPSA) is 60.9 Å². The van der Waals surface area contributed by atoms with Crippen molar-refractivity contribution in [3.63, 3.8) is 0 Å². The van der Waals surface area contributed by atoms with E-state index in [-0.39, 0.29) is 17.0 Å². The van der Waals surface area contributed by atoms with E-state index in [1.165, 1.54) is 11.6 Å². The second kappa shape index (κ2) is 8.45. The number of carbonyl (C=O) groups is 2. The fourth-order valence-electron chi connectivity index (χ4n) is 3.06. The zero-order chi connectivity index (χ0) is 18.4. The molecular weight excluding hydrogens is 328 g/mol. The number of carboxylic acids is 1. The molecule has 0 radical (unpaired) electrons. The number of piperazine rings is 1. The Balaban J connectivity index is 1.54. The van der Waals surface area contributed by atoms with Gasteiger partial charge in [-0.25, -0.2) is 4.79 Å². The van der Waals surface area contributed by atoms with Gasteiger partial charge in [-0.1, -0.05) is 54.6 Å². The van der Waals surface area contributed by atoms with Crippen LogP contribution in [0.25, 0.3) is 6.08 Å². The maximum absolute atomic E-state index is 12.7. The van der Waals surface area contributed by atoms with Gasteiger partial charge in [-0.05, 0) is 17.7 Å². The lowest BCUT2D eigenvalue weighted by Gasteiger charge is -2.34. The summed E-state index contributed by atoms with van der Waals surface area (Å²) in [6.07, 6.45) is 4.23. The molecule has 1 fully saturated rings. The molecule has 0 aromatic heterocycles. The number of nitrogens with zero attached hydrogens (tertiary/aromatic N) is 2. The molecule has 5 nitrogen and oxygen atoms in total. The van der Waals surface area contributed by atoms with Crippen LogP contribution in [-0.4, -0.2) is 59.5 Å². The van der Waals surface area contributed by atoms with E-state index in [4.69, 9.17) is 0 Å². The Kier molecular flexibility index (Phi) is 5.81. The molecule has 2 aromatic carbocycles. The zero-order valence-electron chi connectivity index (χ0n) is 14.5. The van der Waals surface area contributed by atoms with Crippen molar-refractivity contribution in [3.8, 4) is 0 Å². The minimum atomic E-state index is -1.07. The minimum Gasteiger partial charge on any atom is -0.478 e. The van der Waals surface area contributed by atoms with Crippen LogP contribution < -0.4 is 0 Å². The maximum Gasteiger partial charge on any atom is 0.336 e. The first-order valence-corrected chi connectivity index (χ1v) is 8.70. The number of amides is 1. The molecule has 1 N–H and O–H groups in total. The van der Waals surface area contributed by atoms with Crippen LogP contribution in [0.15, 0.2) is 60.7 Å². The summed E-state index contributed by atoms with van der Waals surface area (Å²) in [6, 6.07) is 16.5. The number of carbonyl (C=O) groups excluding carboxylic acids is 1. The lowest BCUT2D eigenvalue weighted by molar-refractivity contribution is 0.0626. The smallest absolute Gasteiger partial charge is 0.336 e. The highest BCUT2D eigenvalue weighted by molar-refractivity contribution is 6.04. The molecule has 0 aliphatic carbocycles. The number of rotatable bonds is 5. The number of hydrogen-bond donors (Lipinski definition) is 1. The summed E-state index contributed by atoms with van der Waals surface area (Å²) in [5, 5.41) is 9.26. The van der Waals surface area contributed by atoms with Gasteiger partial charge in [0, 0.05) is 32.7 Å². The Morgan fingerprint density at radius 2 is 1.50 bits per heavy atom. The molecule has 2 aromatic rings. The van der Waals surface area contributed by atoms with E-state index in [0.29, 0.717) is 13.1 Å². The SMILES string of the molecule is O=C(O)c1ccccc1C(=O)N1CCN(C/C=C\c2ccccc2)CC1. The molecule has 0 atom stereocenters. The highest BCUT2D eigenvalue weighted by Crippen LogP contribution is 2.14. The quantitative estimate of drug-likeness (QED) is 0.901. The molecule has 1 heterocycles. The molecule has 0 spiro atoms. The molecule has 134 valence electrons. The largest absolute Gasteiger partial charge is 0.478 e. The number of aromatic carboxylic acids is 1. The predicted octanol–water partition coefficient (Wildman–Crippen LogP) is 2.86. The van der Waals surface area contributed by atoms with Crippen LogP contribution in [0.1, 0.15) is 26.3 Å². The van der Waals surface area contributed by atoms with Gasteiger partial charge in [-0.15, -0.1) is 0 Å². The molecule has 1 amide bonds. The standard InChI is InChI=1S/C21H22N2O3/c24-20(18-10-4-5-11-19(18)21(25)26)23-15-13-22(14-16-23)12-6-9-17-7-2-1-3-8-17/h1-11H,12-16H2,(H,25,26)/b9-6-. The third-order valence-corrected chi connectivity index (χ3v) is 4.52. The second-order valence-corrected chi connectivity index (χ2v) is 6.26. The number of hydrogen-bond acceptors (Lipinski definition) is 3. The Hall–Kier alpha value is -2.92. The molecule has 26 heavy (non-hydrogen) atoms. The van der Waals surface area contributed by atoms with Gasteiger partial charge in [-0.3, -0.25) is 9.69 Å². The van der Waals surface area contributed by atoms with Crippen LogP contribution in [-0.2, 0) is 0 Å². The fourth-order valence-corrected chi connectivity index (χ4v) is 3.06. The van der Waals surface area contributed by atoms with Crippen LogP contribution in [0.2, 0.25) is 0 Å². The summed E-state index contributed by atoms with van der Waals surface area (Å²) in [5.74, 6) is -1.28. The van der Waals surface area contributed by atoms with Gasteiger partial charge in [0.1, 0.15) is 0 Å². The maximum atomic E-state index is 12.7. The van der Waals surface area contributed by atoms with Crippen LogP contribution in [0.4, 0.5) is 0 Å². The molecule has 1 saturated heterocycles. The first-order valence-electron chi connectivity index (χ1n) is 8.70. The number of benzene rings is 2. The van der Waals surface area contributed by atoms with Gasteiger partial charge in [0.2, 0.25) is 0 Å². The fraction of sp³-hybridized carbons (Fsp3) is 0.238. The van der Waals surface area contributed by atoms with E-state index in [2.05, 4.69) is 29.2 Å². The van der Waals surface area contributed by atoms with E-state index in [9.17, 15) is 14.7 Å². The van der Waals surface area contributed by atoms with Crippen LogP contribution in [0.5, 0.6) is 0 Å². The highest BCUT2D eigenvalue weighted by Gasteiger charge is 2.24. The van der Waals surface area contributed by atoms with Crippen LogP contribution in [0, 0.1) is 0 Å². The van der Waals surface area contributed by atoms with E-state index in [1.54, 1.807) is 23.1 Å². The average Bonchev–Trinajstić information content (AvgIpc) is 2.69. The van der Waals surface area contributed by atoms with Crippen molar-refractivity contribution >= 4 is 18.0 Å². The van der Waals surface area contributed by atoms with E-state index >= 15 is 0 Å². The monoisotopic (exact) mass is 350 g/mol. The van der Waals surface area contributed by atoms with Crippen molar-refractivity contribution in [2.75, 3.05) is 32.7 Å². The summed E-state index contributed by atoms with van der Waals surface area (Å²) < 4.78 is 0. The van der Waals surface area contributed by atoms with Crippen molar-refractivity contribution in [3.05, 3.63) is 77.4 Å². The third kappa shape index (κ3) is 4.37. The summed E-state index contributed by atoms with van der Waals surface area (Å²) in [6.45, 7) is 3.60. The summed E-state index contributed by atoms with van der Waals surface area (Å²) in [7, 11) is 0. The van der Waals surface area contributed by atoms with Gasteiger partial charge in [0.25, 0.3) is 5.91 Å². The summed E-state index contributed by atoms with van der Waals surface area (Å²) >= 11 is 0. The van der Waals surface area contributed by atoms with Crippen molar-refractivity contribution in [2.24, 2.45) is 0 Å². The van der Waals surface area contributed by atoms with Crippen molar-refractivity contribution in [2.45, 2.75) is 0 Å². The van der Waals surface area contributed by atoms with Crippen molar-refractivity contribution < 1.29 is 14.7 Å². The Bertz CT molecular complexity index is 794. The van der Waals surface area contributed by atoms with Gasteiger partial charge in [0.05, 0.1) is 11.1 Å². The van der Waals surface area contributed by atoms with Gasteiger partial charge in [-0.2, -0.15) is 0 Å². The summed E-state index contributed by atoms with van der Waals surface area (Å²) in [5.41, 5.74) is 1.50. The number of carboxylic acid groups (broad SMARTS) is 1. The normalized spacial score (nSPS) is 15.3. The van der Waals surface area contributed by atoms with Crippen LogP contribution in [0.3, 0.4) is 0 Å². The predicted molar refractivity (Wildman–Crippen MR) is 101 cm³/mol. The molecule has 3 rings (SSSR count). The van der Waals surface area contributed by atoms with Crippen LogP contribution >= 0.6 is 0 Å². The van der Waals surface area contributed by atoms with Crippen molar-refractivity contribution in [1.82, 2.24) is 9.80 Å². The molecule has 5 heteroatoms. The van der Waals surface area contributed by atoms with E-state index in [0.717, 1.165) is 19.6 Å². The Morgan fingerprint density at radius 1 is 0.885 bits per heavy atom. The first kappa shape index (κ1) is 17.9. The zero-order valence-corrected chi connectivity index (χ0v) is 14.5. The second-order valence-electron chi connectivity index (χ2n) is 6.26. The van der Waals surface area contributed by atoms with Gasteiger partial charge in [0.15, 0.2) is 0 Å².